The van der Waals surface area contributed by atoms with Gasteiger partial charge in [0.2, 0.25) is 5.91 Å². The standard InChI is InChI=1S/C24H21BrN4O3/c25-17-5-3-16(4-6-17)24(31)29-11-9-15(10-12-29)23(30)26-18-7-8-19-20(14-18)28-22(27-19)21-2-1-13-32-21/h1-8,13-15H,9-12H2,(H,26,30)(H,27,28). The molecule has 2 N–H and O–H groups in total. The van der Waals surface area contributed by atoms with Crippen LogP contribution in [0, 0.1) is 5.92 Å². The van der Waals surface area contributed by atoms with Gasteiger partial charge in [-0.2, -0.15) is 0 Å². The number of hydrogen-bond acceptors (Lipinski definition) is 4. The first-order chi connectivity index (χ1) is 15.6. The number of likely N-dealkylation sites (tertiary alicyclic amines) is 1. The van der Waals surface area contributed by atoms with E-state index in [2.05, 4.69) is 31.2 Å². The number of imidazole rings is 1. The van der Waals surface area contributed by atoms with Crippen LogP contribution in [0.3, 0.4) is 0 Å². The summed E-state index contributed by atoms with van der Waals surface area (Å²) in [7, 11) is 0. The summed E-state index contributed by atoms with van der Waals surface area (Å²) in [5.41, 5.74) is 3.00. The molecule has 0 saturated carbocycles. The van der Waals surface area contributed by atoms with Crippen molar-refractivity contribution in [2.75, 3.05) is 18.4 Å². The van der Waals surface area contributed by atoms with E-state index in [1.165, 1.54) is 0 Å². The van der Waals surface area contributed by atoms with Gasteiger partial charge in [0, 0.05) is 34.7 Å². The Labute approximate surface area is 192 Å². The smallest absolute Gasteiger partial charge is 0.253 e. The zero-order valence-electron chi connectivity index (χ0n) is 17.2. The molecule has 2 aromatic heterocycles. The van der Waals surface area contributed by atoms with Crippen molar-refractivity contribution in [3.8, 4) is 11.6 Å². The lowest BCUT2D eigenvalue weighted by molar-refractivity contribution is -0.121. The molecule has 5 rings (SSSR count). The van der Waals surface area contributed by atoms with Gasteiger partial charge >= 0.3 is 0 Å². The van der Waals surface area contributed by atoms with Crippen LogP contribution in [-0.2, 0) is 4.79 Å². The van der Waals surface area contributed by atoms with E-state index < -0.39 is 0 Å². The predicted molar refractivity (Wildman–Crippen MR) is 125 cm³/mol. The summed E-state index contributed by atoms with van der Waals surface area (Å²) < 4.78 is 6.33. The molecular formula is C24H21BrN4O3. The number of anilines is 1. The van der Waals surface area contributed by atoms with E-state index in [9.17, 15) is 9.59 Å². The number of carbonyl (C=O) groups excluding carboxylic acids is 2. The third kappa shape index (κ3) is 4.18. The average Bonchev–Trinajstić information content (AvgIpc) is 3.49. The Morgan fingerprint density at radius 3 is 2.59 bits per heavy atom. The van der Waals surface area contributed by atoms with Crippen molar-refractivity contribution in [1.82, 2.24) is 14.9 Å². The van der Waals surface area contributed by atoms with Gasteiger partial charge in [-0.1, -0.05) is 15.9 Å². The Hall–Kier alpha value is -3.39. The number of H-pyrrole nitrogens is 1. The maximum Gasteiger partial charge on any atom is 0.253 e. The van der Waals surface area contributed by atoms with Crippen molar-refractivity contribution in [1.29, 1.82) is 0 Å². The van der Waals surface area contributed by atoms with Crippen molar-refractivity contribution >= 4 is 44.5 Å². The summed E-state index contributed by atoms with van der Waals surface area (Å²) in [4.78, 5) is 35.1. The Bertz CT molecular complexity index is 1260. The van der Waals surface area contributed by atoms with Gasteiger partial charge in [-0.25, -0.2) is 4.98 Å². The molecule has 2 aromatic carbocycles. The topological polar surface area (TPSA) is 91.2 Å². The van der Waals surface area contributed by atoms with Gasteiger partial charge < -0.3 is 19.6 Å². The Balaban J connectivity index is 1.20. The number of rotatable bonds is 4. The molecule has 2 amide bonds. The van der Waals surface area contributed by atoms with Gasteiger partial charge in [0.15, 0.2) is 11.6 Å². The van der Waals surface area contributed by atoms with Gasteiger partial charge in [0.1, 0.15) is 0 Å². The number of furan rings is 1. The molecule has 3 heterocycles. The second-order valence-corrected chi connectivity index (χ2v) is 8.77. The molecule has 0 unspecified atom stereocenters. The molecule has 0 aliphatic carbocycles. The number of aromatic nitrogens is 2. The minimum atomic E-state index is -0.125. The number of amides is 2. The highest BCUT2D eigenvalue weighted by Gasteiger charge is 2.28. The lowest BCUT2D eigenvalue weighted by Gasteiger charge is -2.31. The normalized spacial score (nSPS) is 14.6. The van der Waals surface area contributed by atoms with Crippen LogP contribution < -0.4 is 5.32 Å². The summed E-state index contributed by atoms with van der Waals surface area (Å²) in [5.74, 6) is 1.17. The number of piperidine rings is 1. The molecule has 0 bridgehead atoms. The van der Waals surface area contributed by atoms with Gasteiger partial charge in [-0.05, 0) is 67.4 Å². The van der Waals surface area contributed by atoms with Gasteiger partial charge in [0.05, 0.1) is 17.3 Å². The molecule has 8 heteroatoms. The number of benzene rings is 2. The lowest BCUT2D eigenvalue weighted by atomic mass is 9.95. The fourth-order valence-electron chi connectivity index (χ4n) is 3.98. The molecule has 1 fully saturated rings. The van der Waals surface area contributed by atoms with Crippen LogP contribution in [0.25, 0.3) is 22.6 Å². The maximum atomic E-state index is 12.8. The minimum Gasteiger partial charge on any atom is -0.461 e. The number of halogens is 1. The number of nitrogens with zero attached hydrogens (tertiary/aromatic N) is 2. The monoisotopic (exact) mass is 492 g/mol. The van der Waals surface area contributed by atoms with Crippen molar-refractivity contribution in [3.05, 3.63) is 70.9 Å². The molecule has 162 valence electrons. The van der Waals surface area contributed by atoms with Gasteiger partial charge in [0.25, 0.3) is 5.91 Å². The summed E-state index contributed by atoms with van der Waals surface area (Å²) in [6.45, 7) is 1.14. The van der Waals surface area contributed by atoms with Crippen LogP contribution in [0.2, 0.25) is 0 Å². The Kier molecular flexibility index (Phi) is 5.53. The number of hydrogen-bond donors (Lipinski definition) is 2. The van der Waals surface area contributed by atoms with E-state index in [-0.39, 0.29) is 17.7 Å². The maximum absolute atomic E-state index is 12.8. The zero-order valence-corrected chi connectivity index (χ0v) is 18.8. The molecule has 4 aromatic rings. The molecule has 32 heavy (non-hydrogen) atoms. The van der Waals surface area contributed by atoms with Crippen molar-refractivity contribution in [2.45, 2.75) is 12.8 Å². The van der Waals surface area contributed by atoms with Crippen LogP contribution in [0.15, 0.2) is 69.8 Å². The van der Waals surface area contributed by atoms with Crippen LogP contribution in [0.4, 0.5) is 5.69 Å². The van der Waals surface area contributed by atoms with E-state index in [4.69, 9.17) is 4.42 Å². The van der Waals surface area contributed by atoms with Crippen LogP contribution in [0.5, 0.6) is 0 Å². The van der Waals surface area contributed by atoms with Crippen LogP contribution in [0.1, 0.15) is 23.2 Å². The first-order valence-corrected chi connectivity index (χ1v) is 11.3. The van der Waals surface area contributed by atoms with E-state index in [0.717, 1.165) is 15.5 Å². The molecule has 1 saturated heterocycles. The summed E-state index contributed by atoms with van der Waals surface area (Å²) in [6, 6.07) is 16.6. The van der Waals surface area contributed by atoms with E-state index in [1.807, 2.05) is 59.5 Å². The average molecular weight is 493 g/mol. The second-order valence-electron chi connectivity index (χ2n) is 7.86. The first-order valence-electron chi connectivity index (χ1n) is 10.5. The number of nitrogens with one attached hydrogen (secondary N) is 2. The van der Waals surface area contributed by atoms with Crippen molar-refractivity contribution < 1.29 is 14.0 Å². The quantitative estimate of drug-likeness (QED) is 0.415. The Morgan fingerprint density at radius 1 is 1.09 bits per heavy atom. The lowest BCUT2D eigenvalue weighted by Crippen LogP contribution is -2.41. The van der Waals surface area contributed by atoms with E-state index >= 15 is 0 Å². The predicted octanol–water partition coefficient (Wildman–Crippen LogP) is 5.08. The molecular weight excluding hydrogens is 472 g/mol. The second kappa shape index (κ2) is 8.63. The van der Waals surface area contributed by atoms with E-state index in [0.29, 0.717) is 48.8 Å². The van der Waals surface area contributed by atoms with Gasteiger partial charge in [-0.3, -0.25) is 9.59 Å². The highest BCUT2D eigenvalue weighted by molar-refractivity contribution is 9.10. The number of aromatic amines is 1. The SMILES string of the molecule is O=C(Nc1ccc2nc(-c3ccco3)[nH]c2c1)C1CCN(C(=O)c2ccc(Br)cc2)CC1. The van der Waals surface area contributed by atoms with Gasteiger partial charge in [-0.15, -0.1) is 0 Å². The fourth-order valence-corrected chi connectivity index (χ4v) is 4.25. The first kappa shape index (κ1) is 20.5. The Morgan fingerprint density at radius 2 is 1.88 bits per heavy atom. The fraction of sp³-hybridized carbons (Fsp3) is 0.208. The van der Waals surface area contributed by atoms with Crippen molar-refractivity contribution in [2.24, 2.45) is 5.92 Å². The summed E-state index contributed by atoms with van der Waals surface area (Å²) in [6.07, 6.45) is 2.89. The summed E-state index contributed by atoms with van der Waals surface area (Å²) >= 11 is 3.39. The highest BCUT2D eigenvalue weighted by Crippen LogP contribution is 2.25. The summed E-state index contributed by atoms with van der Waals surface area (Å²) in [5, 5.41) is 3.01. The largest absolute Gasteiger partial charge is 0.461 e. The molecule has 0 radical (unpaired) electrons. The van der Waals surface area contributed by atoms with Crippen LogP contribution >= 0.6 is 15.9 Å². The van der Waals surface area contributed by atoms with Crippen molar-refractivity contribution in [3.63, 3.8) is 0 Å². The third-order valence-corrected chi connectivity index (χ3v) is 6.28. The molecule has 0 spiro atoms. The molecule has 0 atom stereocenters. The highest BCUT2D eigenvalue weighted by atomic mass is 79.9. The molecule has 1 aliphatic heterocycles. The zero-order chi connectivity index (χ0) is 22.1. The number of fused-ring (bicyclic) bond motifs is 1. The third-order valence-electron chi connectivity index (χ3n) is 5.75. The minimum absolute atomic E-state index is 0.00779. The van der Waals surface area contributed by atoms with E-state index in [1.54, 1.807) is 6.26 Å². The van der Waals surface area contributed by atoms with Crippen LogP contribution in [-0.4, -0.2) is 39.8 Å². The molecule has 1 aliphatic rings. The molecule has 7 nitrogen and oxygen atoms in total. The number of carbonyl (C=O) groups is 2.